The minimum absolute atomic E-state index is 0.0920. The van der Waals surface area contributed by atoms with Gasteiger partial charge in [0.2, 0.25) is 0 Å². The molecule has 1 aromatic heterocycles. The fourth-order valence-electron chi connectivity index (χ4n) is 3.18. The molecule has 0 aromatic carbocycles. The van der Waals surface area contributed by atoms with Crippen molar-refractivity contribution in [1.82, 2.24) is 18.5 Å². The van der Waals surface area contributed by atoms with Crippen LogP contribution in [0.5, 0.6) is 0 Å². The van der Waals surface area contributed by atoms with Gasteiger partial charge in [-0.2, -0.15) is 17.0 Å². The van der Waals surface area contributed by atoms with Gasteiger partial charge in [-0.25, -0.2) is 4.98 Å². The van der Waals surface area contributed by atoms with Crippen molar-refractivity contribution in [3.8, 4) is 0 Å². The zero-order chi connectivity index (χ0) is 19.8. The van der Waals surface area contributed by atoms with Crippen LogP contribution in [0.1, 0.15) is 34.5 Å². The van der Waals surface area contributed by atoms with Crippen LogP contribution in [0.3, 0.4) is 0 Å². The molecule has 1 saturated carbocycles. The van der Waals surface area contributed by atoms with E-state index in [1.165, 1.54) is 21.5 Å². The molecule has 0 unspecified atom stereocenters. The van der Waals surface area contributed by atoms with E-state index in [1.54, 1.807) is 33.1 Å². The normalized spacial score (nSPS) is 18.1. The van der Waals surface area contributed by atoms with Crippen molar-refractivity contribution in [2.24, 2.45) is 5.92 Å². The van der Waals surface area contributed by atoms with E-state index in [0.717, 1.165) is 17.8 Å². The maximum atomic E-state index is 12.6. The molecule has 0 atom stereocenters. The lowest BCUT2D eigenvalue weighted by Crippen LogP contribution is -2.41. The van der Waals surface area contributed by atoms with E-state index in [2.05, 4.69) is 5.32 Å². The molecule has 2 aliphatic rings. The van der Waals surface area contributed by atoms with Crippen molar-refractivity contribution in [2.45, 2.75) is 25.7 Å². The lowest BCUT2D eigenvalue weighted by Gasteiger charge is -2.23. The molecule has 8 nitrogen and oxygen atoms in total. The fraction of sp³-hybridized carbons (Fsp3) is 0.667. The number of fused-ring (bicyclic) bond motifs is 1. The number of amides is 1. The summed E-state index contributed by atoms with van der Waals surface area (Å²) in [6, 6.07) is 1.89. The monoisotopic (exact) mass is 395 g/mol. The molecule has 1 amide bonds. The maximum absolute atomic E-state index is 12.6. The van der Waals surface area contributed by atoms with Crippen molar-refractivity contribution in [3.05, 3.63) is 22.9 Å². The molecular weight excluding hydrogens is 366 g/mol. The maximum Gasteiger partial charge on any atom is 0.281 e. The number of hydrogen-bond donors (Lipinski definition) is 1. The van der Waals surface area contributed by atoms with Crippen LogP contribution in [0, 0.1) is 5.92 Å². The van der Waals surface area contributed by atoms with Gasteiger partial charge in [0.05, 0.1) is 5.56 Å². The summed E-state index contributed by atoms with van der Waals surface area (Å²) < 4.78 is 27.6. The van der Waals surface area contributed by atoms with Crippen molar-refractivity contribution in [2.75, 3.05) is 53.1 Å². The topological polar surface area (TPSA) is 85.9 Å². The van der Waals surface area contributed by atoms with Gasteiger partial charge in [0.25, 0.3) is 16.1 Å². The molecule has 1 aliphatic carbocycles. The second-order valence-corrected chi connectivity index (χ2v) is 9.85. The molecule has 1 fully saturated rings. The number of carbonyl (C=O) groups excluding carboxylic acids is 1. The van der Waals surface area contributed by atoms with E-state index in [-0.39, 0.29) is 5.91 Å². The molecule has 1 aliphatic heterocycles. The predicted octanol–water partition coefficient (Wildman–Crippen LogP) is 0.812. The summed E-state index contributed by atoms with van der Waals surface area (Å²) in [5, 5.41) is 3.34. The first-order valence-corrected chi connectivity index (χ1v) is 10.8. The second-order valence-electron chi connectivity index (χ2n) is 7.70. The highest BCUT2D eigenvalue weighted by Crippen LogP contribution is 2.30. The summed E-state index contributed by atoms with van der Waals surface area (Å²) in [5.41, 5.74) is 2.39. The van der Waals surface area contributed by atoms with Gasteiger partial charge in [0.15, 0.2) is 0 Å². The molecular formula is C18H29N5O3S. The molecule has 9 heteroatoms. The highest BCUT2D eigenvalue weighted by Gasteiger charge is 2.29. The third kappa shape index (κ3) is 4.41. The third-order valence-electron chi connectivity index (χ3n) is 5.10. The smallest absolute Gasteiger partial charge is 0.281 e. The SMILES string of the molecule is CN(C)C(=O)c1cc2c(nc1NCC1CC1)CCN(S(=O)(=O)N(C)C)CC2. The minimum atomic E-state index is -3.46. The third-order valence-corrected chi connectivity index (χ3v) is 7.04. The number of hydrogen-bond acceptors (Lipinski definition) is 5. The molecule has 150 valence electrons. The van der Waals surface area contributed by atoms with Crippen LogP contribution in [-0.2, 0) is 23.1 Å². The molecule has 1 N–H and O–H groups in total. The average molecular weight is 396 g/mol. The van der Waals surface area contributed by atoms with E-state index in [1.807, 2.05) is 6.07 Å². The van der Waals surface area contributed by atoms with E-state index in [0.29, 0.717) is 43.2 Å². The first kappa shape index (κ1) is 20.0. The van der Waals surface area contributed by atoms with E-state index >= 15 is 0 Å². The van der Waals surface area contributed by atoms with Gasteiger partial charge >= 0.3 is 0 Å². The highest BCUT2D eigenvalue weighted by molar-refractivity contribution is 7.86. The Balaban J connectivity index is 1.89. The van der Waals surface area contributed by atoms with E-state index < -0.39 is 10.2 Å². The summed E-state index contributed by atoms with van der Waals surface area (Å²) >= 11 is 0. The minimum Gasteiger partial charge on any atom is -0.369 e. The zero-order valence-electron chi connectivity index (χ0n) is 16.5. The number of anilines is 1. The van der Waals surface area contributed by atoms with Crippen molar-refractivity contribution in [3.63, 3.8) is 0 Å². The summed E-state index contributed by atoms with van der Waals surface area (Å²) in [6.07, 6.45) is 3.52. The number of carbonyl (C=O) groups is 1. The van der Waals surface area contributed by atoms with Crippen LogP contribution in [0.15, 0.2) is 6.07 Å². The average Bonchev–Trinajstić information content (AvgIpc) is 3.44. The lowest BCUT2D eigenvalue weighted by atomic mass is 10.0. The first-order chi connectivity index (χ1) is 12.7. The van der Waals surface area contributed by atoms with Gasteiger partial charge < -0.3 is 10.2 Å². The van der Waals surface area contributed by atoms with Crippen molar-refractivity contribution >= 4 is 21.9 Å². The molecule has 27 heavy (non-hydrogen) atoms. The quantitative estimate of drug-likeness (QED) is 0.770. The Morgan fingerprint density at radius 1 is 1.22 bits per heavy atom. The Bertz CT molecular complexity index is 819. The number of pyridine rings is 1. The summed E-state index contributed by atoms with van der Waals surface area (Å²) in [7, 11) is 3.08. The Hall–Kier alpha value is -1.71. The van der Waals surface area contributed by atoms with Crippen molar-refractivity contribution in [1.29, 1.82) is 0 Å². The van der Waals surface area contributed by atoms with Gasteiger partial charge in [-0.15, -0.1) is 0 Å². The zero-order valence-corrected chi connectivity index (χ0v) is 17.3. The number of nitrogens with zero attached hydrogens (tertiary/aromatic N) is 4. The number of aromatic nitrogens is 1. The Labute approximate surface area is 161 Å². The van der Waals surface area contributed by atoms with Crippen LogP contribution in [-0.4, -0.2) is 80.6 Å². The molecule has 2 heterocycles. The summed E-state index contributed by atoms with van der Waals surface area (Å²) in [6.45, 7) is 1.60. The Morgan fingerprint density at radius 2 is 1.89 bits per heavy atom. The lowest BCUT2D eigenvalue weighted by molar-refractivity contribution is 0.0828. The van der Waals surface area contributed by atoms with Gasteiger partial charge in [0, 0.05) is 59.9 Å². The summed E-state index contributed by atoms with van der Waals surface area (Å²) in [4.78, 5) is 18.9. The highest BCUT2D eigenvalue weighted by atomic mass is 32.2. The van der Waals surface area contributed by atoms with Crippen LogP contribution < -0.4 is 5.32 Å². The van der Waals surface area contributed by atoms with Crippen LogP contribution in [0.25, 0.3) is 0 Å². The fourth-order valence-corrected chi connectivity index (χ4v) is 4.28. The Morgan fingerprint density at radius 3 is 2.48 bits per heavy atom. The molecule has 0 spiro atoms. The largest absolute Gasteiger partial charge is 0.369 e. The van der Waals surface area contributed by atoms with E-state index in [4.69, 9.17) is 4.98 Å². The second kappa shape index (κ2) is 7.73. The molecule has 0 saturated heterocycles. The molecule has 0 bridgehead atoms. The number of nitrogens with one attached hydrogen (secondary N) is 1. The van der Waals surface area contributed by atoms with Gasteiger partial charge in [-0.1, -0.05) is 0 Å². The Kier molecular flexibility index (Phi) is 5.73. The summed E-state index contributed by atoms with van der Waals surface area (Å²) in [5.74, 6) is 1.18. The van der Waals surface area contributed by atoms with Crippen LogP contribution in [0.4, 0.5) is 5.82 Å². The van der Waals surface area contributed by atoms with Gasteiger partial charge in [0.1, 0.15) is 5.82 Å². The molecule has 1 aromatic rings. The predicted molar refractivity (Wildman–Crippen MR) is 105 cm³/mol. The standard InChI is InChI=1S/C18H29N5O3S/c1-21(2)18(24)15-11-14-7-9-23(27(25,26)22(3)4)10-8-16(14)20-17(15)19-12-13-5-6-13/h11,13H,5-10,12H2,1-4H3,(H,19,20). The molecule has 0 radical (unpaired) electrons. The van der Waals surface area contributed by atoms with Gasteiger partial charge in [-0.3, -0.25) is 4.79 Å². The number of rotatable bonds is 6. The first-order valence-electron chi connectivity index (χ1n) is 9.36. The van der Waals surface area contributed by atoms with Gasteiger partial charge in [-0.05, 0) is 36.8 Å². The van der Waals surface area contributed by atoms with E-state index in [9.17, 15) is 13.2 Å². The van der Waals surface area contributed by atoms with Crippen LogP contribution in [0.2, 0.25) is 0 Å². The van der Waals surface area contributed by atoms with Crippen LogP contribution >= 0.6 is 0 Å². The van der Waals surface area contributed by atoms with Crippen molar-refractivity contribution < 1.29 is 13.2 Å². The molecule has 3 rings (SSSR count).